The van der Waals surface area contributed by atoms with Crippen LogP contribution in [0.3, 0.4) is 0 Å². The Morgan fingerprint density at radius 2 is 2.04 bits per heavy atom. The van der Waals surface area contributed by atoms with Gasteiger partial charge in [-0.05, 0) is 38.9 Å². The largest absolute Gasteiger partial charge is 0.344 e. The number of amides is 1. The summed E-state index contributed by atoms with van der Waals surface area (Å²) in [7, 11) is 3.97. The van der Waals surface area contributed by atoms with Crippen molar-refractivity contribution in [2.24, 2.45) is 7.05 Å². The molecule has 0 N–H and O–H groups in total. The van der Waals surface area contributed by atoms with Crippen molar-refractivity contribution in [2.45, 2.75) is 31.7 Å². The van der Waals surface area contributed by atoms with Crippen LogP contribution in [0.2, 0.25) is 0 Å². The Hall–Kier alpha value is -2.15. The lowest BCUT2D eigenvalue weighted by Crippen LogP contribution is -2.49. The van der Waals surface area contributed by atoms with Crippen molar-refractivity contribution in [1.29, 1.82) is 0 Å². The number of aromatic nitrogens is 3. The minimum Gasteiger partial charge on any atom is -0.344 e. The molecular weight excluding hydrogens is 306 g/mol. The predicted molar refractivity (Wildman–Crippen MR) is 87.7 cm³/mol. The number of hydrogen-bond acceptors (Lipinski definition) is 5. The third kappa shape index (κ3) is 2.62. The zero-order valence-corrected chi connectivity index (χ0v) is 14.4. The van der Waals surface area contributed by atoms with E-state index in [4.69, 9.17) is 4.52 Å². The SMILES string of the molecule is Cc1ccc(C(=O)N2CCN(C)[C@@H](c3nc(C4CC4)no3)C2)n1C. The molecule has 2 fully saturated rings. The highest BCUT2D eigenvalue weighted by Gasteiger charge is 2.35. The molecule has 0 radical (unpaired) electrons. The van der Waals surface area contributed by atoms with Gasteiger partial charge in [-0.15, -0.1) is 0 Å². The minimum absolute atomic E-state index is 0.0379. The van der Waals surface area contributed by atoms with Crippen LogP contribution in [0.15, 0.2) is 16.7 Å². The summed E-state index contributed by atoms with van der Waals surface area (Å²) in [5.41, 5.74) is 1.80. The molecule has 1 saturated heterocycles. The summed E-state index contributed by atoms with van der Waals surface area (Å²) < 4.78 is 7.43. The van der Waals surface area contributed by atoms with Crippen LogP contribution in [-0.2, 0) is 7.05 Å². The molecular formula is C17H23N5O2. The van der Waals surface area contributed by atoms with Gasteiger partial charge in [-0.3, -0.25) is 9.69 Å². The lowest BCUT2D eigenvalue weighted by atomic mass is 10.1. The summed E-state index contributed by atoms with van der Waals surface area (Å²) in [6, 6.07) is 3.83. The van der Waals surface area contributed by atoms with E-state index in [0.29, 0.717) is 24.9 Å². The highest BCUT2D eigenvalue weighted by atomic mass is 16.5. The van der Waals surface area contributed by atoms with Gasteiger partial charge in [0.1, 0.15) is 11.7 Å². The van der Waals surface area contributed by atoms with Gasteiger partial charge in [0, 0.05) is 38.3 Å². The van der Waals surface area contributed by atoms with E-state index in [-0.39, 0.29) is 11.9 Å². The van der Waals surface area contributed by atoms with Crippen LogP contribution >= 0.6 is 0 Å². The molecule has 1 atom stereocenters. The van der Waals surface area contributed by atoms with Gasteiger partial charge in [-0.1, -0.05) is 5.16 Å². The quantitative estimate of drug-likeness (QED) is 0.858. The van der Waals surface area contributed by atoms with Crippen molar-refractivity contribution in [3.8, 4) is 0 Å². The summed E-state index contributed by atoms with van der Waals surface area (Å²) in [5, 5.41) is 4.11. The monoisotopic (exact) mass is 329 g/mol. The molecule has 7 nitrogen and oxygen atoms in total. The van der Waals surface area contributed by atoms with Gasteiger partial charge in [-0.25, -0.2) is 0 Å². The van der Waals surface area contributed by atoms with Gasteiger partial charge in [0.15, 0.2) is 5.82 Å². The zero-order valence-electron chi connectivity index (χ0n) is 14.4. The Labute approximate surface area is 141 Å². The number of piperazine rings is 1. The molecule has 128 valence electrons. The molecule has 0 unspecified atom stereocenters. The first kappa shape index (κ1) is 15.4. The lowest BCUT2D eigenvalue weighted by Gasteiger charge is -2.37. The molecule has 1 amide bonds. The molecule has 4 rings (SSSR count). The number of carbonyl (C=O) groups is 1. The van der Waals surface area contributed by atoms with Crippen molar-refractivity contribution >= 4 is 5.91 Å². The van der Waals surface area contributed by atoms with Crippen LogP contribution < -0.4 is 0 Å². The Bertz CT molecular complexity index is 761. The number of nitrogens with zero attached hydrogens (tertiary/aromatic N) is 5. The highest BCUT2D eigenvalue weighted by Crippen LogP contribution is 2.38. The van der Waals surface area contributed by atoms with Crippen LogP contribution in [0.25, 0.3) is 0 Å². The third-order valence-corrected chi connectivity index (χ3v) is 5.21. The summed E-state index contributed by atoms with van der Waals surface area (Å²) in [6.07, 6.45) is 2.30. The fourth-order valence-corrected chi connectivity index (χ4v) is 3.20. The third-order valence-electron chi connectivity index (χ3n) is 5.21. The Balaban J connectivity index is 1.53. The van der Waals surface area contributed by atoms with Gasteiger partial charge in [-0.2, -0.15) is 4.98 Å². The van der Waals surface area contributed by atoms with E-state index in [0.717, 1.165) is 36.6 Å². The Morgan fingerprint density at radius 3 is 2.71 bits per heavy atom. The number of likely N-dealkylation sites (N-methyl/N-ethyl adjacent to an activating group) is 1. The van der Waals surface area contributed by atoms with E-state index in [1.165, 1.54) is 0 Å². The minimum atomic E-state index is -0.0379. The summed E-state index contributed by atoms with van der Waals surface area (Å²) in [6.45, 7) is 4.08. The zero-order chi connectivity index (χ0) is 16.8. The molecule has 1 saturated carbocycles. The second-order valence-corrected chi connectivity index (χ2v) is 6.93. The predicted octanol–water partition coefficient (Wildman–Crippen LogP) is 1.72. The van der Waals surface area contributed by atoms with Gasteiger partial charge in [0.2, 0.25) is 5.89 Å². The summed E-state index contributed by atoms with van der Waals surface area (Å²) in [5.74, 6) is 1.98. The topological polar surface area (TPSA) is 67.4 Å². The van der Waals surface area contributed by atoms with Gasteiger partial charge >= 0.3 is 0 Å². The van der Waals surface area contributed by atoms with E-state index in [1.807, 2.05) is 42.6 Å². The van der Waals surface area contributed by atoms with Crippen molar-refractivity contribution in [3.63, 3.8) is 0 Å². The molecule has 7 heteroatoms. The van der Waals surface area contributed by atoms with Crippen molar-refractivity contribution in [1.82, 2.24) is 24.5 Å². The number of carbonyl (C=O) groups excluding carboxylic acids is 1. The highest BCUT2D eigenvalue weighted by molar-refractivity contribution is 5.93. The molecule has 24 heavy (non-hydrogen) atoms. The smallest absolute Gasteiger partial charge is 0.270 e. The maximum Gasteiger partial charge on any atom is 0.270 e. The van der Waals surface area contributed by atoms with Crippen LogP contribution in [0.1, 0.15) is 52.7 Å². The van der Waals surface area contributed by atoms with Gasteiger partial charge in [0.05, 0.1) is 0 Å². The van der Waals surface area contributed by atoms with Crippen LogP contribution in [0.4, 0.5) is 0 Å². The molecule has 0 spiro atoms. The number of hydrogen-bond donors (Lipinski definition) is 0. The standard InChI is InChI=1S/C17H23N5O2/c1-11-4-7-13(21(11)3)17(23)22-9-8-20(2)14(10-22)16-18-15(19-24-16)12-5-6-12/h4,7,12,14H,5-6,8-10H2,1-3H3/t14-/m1/s1. The molecule has 1 aliphatic carbocycles. The van der Waals surface area contributed by atoms with Crippen molar-refractivity contribution in [2.75, 3.05) is 26.7 Å². The molecule has 1 aliphatic heterocycles. The maximum absolute atomic E-state index is 12.9. The first-order chi connectivity index (χ1) is 11.5. The van der Waals surface area contributed by atoms with Gasteiger partial charge in [0.25, 0.3) is 5.91 Å². The second-order valence-electron chi connectivity index (χ2n) is 6.93. The normalized spacial score (nSPS) is 22.1. The van der Waals surface area contributed by atoms with E-state index in [1.54, 1.807) is 0 Å². The first-order valence-electron chi connectivity index (χ1n) is 8.50. The van der Waals surface area contributed by atoms with E-state index >= 15 is 0 Å². The fraction of sp³-hybridized carbons (Fsp3) is 0.588. The average molecular weight is 329 g/mol. The Morgan fingerprint density at radius 1 is 1.25 bits per heavy atom. The molecule has 2 aromatic heterocycles. The lowest BCUT2D eigenvalue weighted by molar-refractivity contribution is 0.0480. The molecule has 0 bridgehead atoms. The summed E-state index contributed by atoms with van der Waals surface area (Å²) in [4.78, 5) is 21.5. The molecule has 2 aromatic rings. The van der Waals surface area contributed by atoms with E-state index in [9.17, 15) is 4.79 Å². The first-order valence-corrected chi connectivity index (χ1v) is 8.50. The van der Waals surface area contributed by atoms with Crippen molar-refractivity contribution < 1.29 is 9.32 Å². The molecule has 2 aliphatic rings. The van der Waals surface area contributed by atoms with E-state index in [2.05, 4.69) is 15.0 Å². The van der Waals surface area contributed by atoms with Gasteiger partial charge < -0.3 is 14.0 Å². The van der Waals surface area contributed by atoms with Crippen LogP contribution in [0.5, 0.6) is 0 Å². The van der Waals surface area contributed by atoms with Crippen LogP contribution in [0, 0.1) is 6.92 Å². The second kappa shape index (κ2) is 5.73. The molecule has 3 heterocycles. The van der Waals surface area contributed by atoms with Crippen LogP contribution in [-0.4, -0.2) is 57.1 Å². The molecule has 0 aromatic carbocycles. The van der Waals surface area contributed by atoms with Crippen molar-refractivity contribution in [3.05, 3.63) is 35.2 Å². The fourth-order valence-electron chi connectivity index (χ4n) is 3.20. The Kier molecular flexibility index (Phi) is 3.68. The summed E-state index contributed by atoms with van der Waals surface area (Å²) >= 11 is 0. The number of aryl methyl sites for hydroxylation is 1. The number of rotatable bonds is 3. The maximum atomic E-state index is 12.9. The average Bonchev–Trinajstić information content (AvgIpc) is 3.22. The van der Waals surface area contributed by atoms with E-state index < -0.39 is 0 Å².